The summed E-state index contributed by atoms with van der Waals surface area (Å²) >= 11 is 0. The van der Waals surface area contributed by atoms with Gasteiger partial charge in [-0.25, -0.2) is 28.2 Å². The van der Waals surface area contributed by atoms with Gasteiger partial charge in [0.15, 0.2) is 5.65 Å². The molecule has 3 rings (SSSR count). The molecule has 0 N–H and O–H groups in total. The Labute approximate surface area is 131 Å². The van der Waals surface area contributed by atoms with Crippen molar-refractivity contribution in [2.24, 2.45) is 0 Å². The van der Waals surface area contributed by atoms with E-state index in [-0.39, 0.29) is 5.16 Å². The van der Waals surface area contributed by atoms with Crippen LogP contribution in [0, 0.1) is 0 Å². The standard InChI is InChI=1S/C14H12N4O4S/c1-22-13(19)9-4-3-7-18-11(8-16-12(9)18)10-5-6-15-14(17-10)23(2,20)21/h3-8H,1-2H3. The summed E-state index contributed by atoms with van der Waals surface area (Å²) in [4.78, 5) is 23.8. The number of hydrogen-bond donors (Lipinski definition) is 0. The van der Waals surface area contributed by atoms with E-state index in [1.807, 2.05) is 0 Å². The van der Waals surface area contributed by atoms with E-state index >= 15 is 0 Å². The van der Waals surface area contributed by atoms with Crippen molar-refractivity contribution >= 4 is 21.5 Å². The Hall–Kier alpha value is -2.81. The van der Waals surface area contributed by atoms with Crippen molar-refractivity contribution in [3.8, 4) is 11.4 Å². The third kappa shape index (κ3) is 2.66. The van der Waals surface area contributed by atoms with Crippen molar-refractivity contribution in [3.05, 3.63) is 42.4 Å². The minimum absolute atomic E-state index is 0.269. The Morgan fingerprint density at radius 2 is 2.04 bits per heavy atom. The molecule has 23 heavy (non-hydrogen) atoms. The summed E-state index contributed by atoms with van der Waals surface area (Å²) in [5, 5.41) is -0.269. The van der Waals surface area contributed by atoms with Crippen LogP contribution < -0.4 is 0 Å². The fourth-order valence-electron chi connectivity index (χ4n) is 2.13. The lowest BCUT2D eigenvalue weighted by atomic mass is 10.2. The monoisotopic (exact) mass is 332 g/mol. The number of aromatic nitrogens is 4. The van der Waals surface area contributed by atoms with Gasteiger partial charge in [-0.2, -0.15) is 0 Å². The molecule has 0 atom stereocenters. The van der Waals surface area contributed by atoms with Gasteiger partial charge < -0.3 is 4.74 Å². The highest BCUT2D eigenvalue weighted by Crippen LogP contribution is 2.21. The fourth-order valence-corrected chi connectivity index (χ4v) is 2.65. The zero-order valence-corrected chi connectivity index (χ0v) is 13.1. The SMILES string of the molecule is COC(=O)c1cccn2c(-c3ccnc(S(C)(=O)=O)n3)cnc12. The Bertz CT molecular complexity index is 1010. The minimum Gasteiger partial charge on any atom is -0.465 e. The van der Waals surface area contributed by atoms with Gasteiger partial charge >= 0.3 is 5.97 Å². The number of nitrogens with zero attached hydrogens (tertiary/aromatic N) is 4. The summed E-state index contributed by atoms with van der Waals surface area (Å²) in [7, 11) is -2.23. The molecule has 0 saturated carbocycles. The number of carbonyl (C=O) groups excluding carboxylic acids is 1. The quantitative estimate of drug-likeness (QED) is 0.520. The van der Waals surface area contributed by atoms with E-state index in [0.29, 0.717) is 22.6 Å². The molecule has 0 aromatic carbocycles. The van der Waals surface area contributed by atoms with Crippen LogP contribution in [0.1, 0.15) is 10.4 Å². The summed E-state index contributed by atoms with van der Waals surface area (Å²) in [6.45, 7) is 0. The van der Waals surface area contributed by atoms with Crippen LogP contribution in [0.15, 0.2) is 41.9 Å². The maximum absolute atomic E-state index is 11.8. The summed E-state index contributed by atoms with van der Waals surface area (Å²) in [5.41, 5.74) is 1.63. The maximum atomic E-state index is 11.8. The van der Waals surface area contributed by atoms with Crippen LogP contribution in [0.2, 0.25) is 0 Å². The number of fused-ring (bicyclic) bond motifs is 1. The Balaban J connectivity index is 2.21. The number of ether oxygens (including phenoxy) is 1. The molecule has 0 aliphatic carbocycles. The summed E-state index contributed by atoms with van der Waals surface area (Å²) in [6, 6.07) is 4.84. The topological polar surface area (TPSA) is 104 Å². The van der Waals surface area contributed by atoms with E-state index in [1.54, 1.807) is 28.8 Å². The predicted molar refractivity (Wildman–Crippen MR) is 80.7 cm³/mol. The normalized spacial score (nSPS) is 11.6. The zero-order chi connectivity index (χ0) is 16.6. The number of hydrogen-bond acceptors (Lipinski definition) is 7. The molecule has 3 aromatic heterocycles. The minimum atomic E-state index is -3.52. The second-order valence-electron chi connectivity index (χ2n) is 4.75. The van der Waals surface area contributed by atoms with Crippen molar-refractivity contribution < 1.29 is 17.9 Å². The molecule has 3 aromatic rings. The van der Waals surface area contributed by atoms with Gasteiger partial charge in [-0.05, 0) is 18.2 Å². The van der Waals surface area contributed by atoms with Crippen LogP contribution in [-0.4, -0.2) is 47.1 Å². The van der Waals surface area contributed by atoms with Crippen LogP contribution in [-0.2, 0) is 14.6 Å². The Morgan fingerprint density at radius 1 is 1.26 bits per heavy atom. The zero-order valence-electron chi connectivity index (χ0n) is 12.3. The molecule has 0 fully saturated rings. The molecule has 0 radical (unpaired) electrons. The van der Waals surface area contributed by atoms with Crippen LogP contribution in [0.25, 0.3) is 17.0 Å². The highest BCUT2D eigenvalue weighted by atomic mass is 32.2. The molecule has 0 spiro atoms. The van der Waals surface area contributed by atoms with Crippen molar-refractivity contribution in [2.45, 2.75) is 5.16 Å². The fraction of sp³-hybridized carbons (Fsp3) is 0.143. The van der Waals surface area contributed by atoms with Gasteiger partial charge in [-0.15, -0.1) is 0 Å². The van der Waals surface area contributed by atoms with Crippen molar-refractivity contribution in [2.75, 3.05) is 13.4 Å². The highest BCUT2D eigenvalue weighted by molar-refractivity contribution is 7.90. The lowest BCUT2D eigenvalue weighted by Crippen LogP contribution is -2.06. The molecule has 0 saturated heterocycles. The number of pyridine rings is 1. The van der Waals surface area contributed by atoms with Crippen LogP contribution in [0.5, 0.6) is 0 Å². The number of esters is 1. The number of imidazole rings is 1. The maximum Gasteiger partial charge on any atom is 0.341 e. The molecule has 8 nitrogen and oxygen atoms in total. The second-order valence-corrected chi connectivity index (χ2v) is 6.66. The number of sulfone groups is 1. The smallest absolute Gasteiger partial charge is 0.341 e. The van der Waals surface area contributed by atoms with Crippen LogP contribution in [0.3, 0.4) is 0 Å². The molecular weight excluding hydrogens is 320 g/mol. The van der Waals surface area contributed by atoms with E-state index in [1.165, 1.54) is 19.5 Å². The molecule has 0 amide bonds. The van der Waals surface area contributed by atoms with Gasteiger partial charge in [0.05, 0.1) is 24.7 Å². The Morgan fingerprint density at radius 3 is 2.74 bits per heavy atom. The van der Waals surface area contributed by atoms with Crippen molar-refractivity contribution in [1.82, 2.24) is 19.4 Å². The first-order valence-electron chi connectivity index (χ1n) is 6.49. The van der Waals surface area contributed by atoms with Gasteiger partial charge in [0.25, 0.3) is 0 Å². The van der Waals surface area contributed by atoms with Gasteiger partial charge in [0, 0.05) is 18.6 Å². The number of methoxy groups -OCH3 is 1. The van der Waals surface area contributed by atoms with Gasteiger partial charge in [-0.1, -0.05) is 0 Å². The van der Waals surface area contributed by atoms with Crippen LogP contribution >= 0.6 is 0 Å². The molecule has 0 aliphatic heterocycles. The van der Waals surface area contributed by atoms with Gasteiger partial charge in [0.2, 0.25) is 15.0 Å². The van der Waals surface area contributed by atoms with E-state index in [2.05, 4.69) is 15.0 Å². The summed E-state index contributed by atoms with van der Waals surface area (Å²) in [5.74, 6) is -0.507. The van der Waals surface area contributed by atoms with E-state index in [9.17, 15) is 13.2 Å². The van der Waals surface area contributed by atoms with E-state index < -0.39 is 15.8 Å². The molecular formula is C14H12N4O4S. The first-order chi connectivity index (χ1) is 10.9. The largest absolute Gasteiger partial charge is 0.465 e. The van der Waals surface area contributed by atoms with Crippen LogP contribution in [0.4, 0.5) is 0 Å². The Kier molecular flexibility index (Phi) is 3.57. The molecule has 0 aliphatic rings. The number of carbonyl (C=O) groups is 1. The van der Waals surface area contributed by atoms with Gasteiger partial charge in [-0.3, -0.25) is 4.40 Å². The molecule has 118 valence electrons. The first kappa shape index (κ1) is 15.1. The molecule has 9 heteroatoms. The third-order valence-corrected chi connectivity index (χ3v) is 4.03. The molecule has 3 heterocycles. The lowest BCUT2D eigenvalue weighted by molar-refractivity contribution is 0.0602. The average molecular weight is 332 g/mol. The van der Waals surface area contributed by atoms with Gasteiger partial charge in [0.1, 0.15) is 5.56 Å². The van der Waals surface area contributed by atoms with E-state index in [4.69, 9.17) is 4.74 Å². The van der Waals surface area contributed by atoms with Crippen molar-refractivity contribution in [3.63, 3.8) is 0 Å². The number of rotatable bonds is 3. The van der Waals surface area contributed by atoms with Crippen molar-refractivity contribution in [1.29, 1.82) is 0 Å². The lowest BCUT2D eigenvalue weighted by Gasteiger charge is -2.05. The van der Waals surface area contributed by atoms with E-state index in [0.717, 1.165) is 6.26 Å². The molecule has 0 bridgehead atoms. The first-order valence-corrected chi connectivity index (χ1v) is 8.39. The average Bonchev–Trinajstić information content (AvgIpc) is 2.97. The predicted octanol–water partition coefficient (Wildman–Crippen LogP) is 0.981. The third-order valence-electron chi connectivity index (χ3n) is 3.17. The highest BCUT2D eigenvalue weighted by Gasteiger charge is 2.17. The summed E-state index contributed by atoms with van der Waals surface area (Å²) in [6.07, 6.45) is 5.61. The second kappa shape index (κ2) is 5.43. The molecule has 0 unspecified atom stereocenters. The summed E-state index contributed by atoms with van der Waals surface area (Å²) < 4.78 is 29.5.